The number of aliphatic hydroxyl groups is 2. The van der Waals surface area contributed by atoms with Crippen LogP contribution in [0, 0.1) is 52.2 Å². The van der Waals surface area contributed by atoms with E-state index >= 15 is 0 Å². The second-order valence-corrected chi connectivity index (χ2v) is 13.6. The van der Waals surface area contributed by atoms with E-state index in [0.29, 0.717) is 41.0 Å². The van der Waals surface area contributed by atoms with Gasteiger partial charge in [-0.2, -0.15) is 0 Å². The molecule has 1 unspecified atom stereocenters. The van der Waals surface area contributed by atoms with Crippen LogP contribution in [0.4, 0.5) is 4.39 Å². The zero-order valence-electron chi connectivity index (χ0n) is 22.3. The highest BCUT2D eigenvalue weighted by Gasteiger charge is 2.69. The number of benzene rings is 1. The summed E-state index contributed by atoms with van der Waals surface area (Å²) in [6.45, 7) is 2.47. The van der Waals surface area contributed by atoms with Gasteiger partial charge < -0.3 is 19.9 Å². The van der Waals surface area contributed by atoms with Gasteiger partial charge in [0.1, 0.15) is 11.3 Å². The van der Waals surface area contributed by atoms with Crippen LogP contribution in [-0.2, 0) is 11.2 Å². The Morgan fingerprint density at radius 1 is 1.05 bits per heavy atom. The fraction of sp³-hybridized carbons (Fsp3) is 0.774. The van der Waals surface area contributed by atoms with Gasteiger partial charge in [-0.05, 0) is 117 Å². The van der Waals surface area contributed by atoms with Crippen LogP contribution in [0.25, 0.3) is 11.0 Å². The minimum Gasteiger partial charge on any atom is -0.393 e. The number of para-hydroxylation sites is 1. The van der Waals surface area contributed by atoms with E-state index in [1.807, 2.05) is 13.2 Å². The lowest BCUT2D eigenvalue weighted by Gasteiger charge is -2.64. The Labute approximate surface area is 219 Å². The standard InChI is InChI=1S/C31H43FN2O3/c1-30-12-11-19(35)14-18(30)15-25(36)28-21-8-7-20-17(10-13-31(20,21)26(37-2)16-22(28)30)6-9-27-33-24-5-3-4-23(32)29(24)34-27/h3-5,17-22,25-26,28,35-36H,6-16H2,1-2H3,(H,33,34)/t17?,18-,19+,20+,21-,22-,25+,26-,28-,30-,31+/m0/s1. The van der Waals surface area contributed by atoms with Gasteiger partial charge >= 0.3 is 0 Å². The van der Waals surface area contributed by atoms with E-state index in [-0.39, 0.29) is 35.0 Å². The Morgan fingerprint density at radius 2 is 1.89 bits per heavy atom. The minimum absolute atomic E-state index is 0.179. The average molecular weight is 511 g/mol. The molecule has 0 amide bonds. The Morgan fingerprint density at radius 3 is 2.70 bits per heavy atom. The van der Waals surface area contributed by atoms with Crippen molar-refractivity contribution in [3.05, 3.63) is 29.8 Å². The molecule has 5 saturated carbocycles. The number of aromatic nitrogens is 2. The van der Waals surface area contributed by atoms with Gasteiger partial charge in [-0.15, -0.1) is 0 Å². The molecule has 0 saturated heterocycles. The Hall–Kier alpha value is -1.50. The van der Waals surface area contributed by atoms with Gasteiger partial charge in [-0.25, -0.2) is 9.37 Å². The highest BCUT2D eigenvalue weighted by molar-refractivity contribution is 5.75. The fourth-order valence-electron chi connectivity index (χ4n) is 11.0. The van der Waals surface area contributed by atoms with Crippen LogP contribution in [-0.4, -0.2) is 45.6 Å². The zero-order chi connectivity index (χ0) is 25.5. The summed E-state index contributed by atoms with van der Waals surface area (Å²) in [5, 5.41) is 22.0. The monoisotopic (exact) mass is 510 g/mol. The van der Waals surface area contributed by atoms with Crippen molar-refractivity contribution in [3.8, 4) is 0 Å². The summed E-state index contributed by atoms with van der Waals surface area (Å²) in [6, 6.07) is 5.11. The van der Waals surface area contributed by atoms with Crippen molar-refractivity contribution in [2.75, 3.05) is 7.11 Å². The van der Waals surface area contributed by atoms with Crippen LogP contribution in [0.1, 0.15) is 77.0 Å². The predicted molar refractivity (Wildman–Crippen MR) is 140 cm³/mol. The summed E-state index contributed by atoms with van der Waals surface area (Å²) < 4.78 is 20.6. The normalized spacial score (nSPS) is 46.9. The van der Waals surface area contributed by atoms with E-state index in [4.69, 9.17) is 4.74 Å². The number of rotatable bonds is 4. The van der Waals surface area contributed by atoms with Crippen molar-refractivity contribution in [1.82, 2.24) is 9.97 Å². The Balaban J connectivity index is 1.14. The molecule has 1 heterocycles. The molecule has 5 nitrogen and oxygen atoms in total. The summed E-state index contributed by atoms with van der Waals surface area (Å²) >= 11 is 0. The van der Waals surface area contributed by atoms with Crippen LogP contribution in [0.3, 0.4) is 0 Å². The summed E-state index contributed by atoms with van der Waals surface area (Å²) in [7, 11) is 1.92. The minimum atomic E-state index is -0.257. The number of nitrogens with zero attached hydrogens (tertiary/aromatic N) is 1. The maximum Gasteiger partial charge on any atom is 0.151 e. The predicted octanol–water partition coefficient (Wildman–Crippen LogP) is 5.64. The number of imidazole rings is 1. The van der Waals surface area contributed by atoms with Gasteiger partial charge in [-0.3, -0.25) is 0 Å². The highest BCUT2D eigenvalue weighted by Crippen LogP contribution is 2.72. The number of H-pyrrole nitrogens is 1. The lowest BCUT2D eigenvalue weighted by Crippen LogP contribution is -2.62. The number of fused-ring (bicyclic) bond motifs is 5. The largest absolute Gasteiger partial charge is 0.393 e. The molecule has 3 N–H and O–H groups in total. The number of ether oxygens (including phenoxy) is 1. The molecule has 0 bridgehead atoms. The smallest absolute Gasteiger partial charge is 0.151 e. The molecule has 5 aliphatic carbocycles. The Kier molecular flexibility index (Phi) is 5.81. The molecule has 7 rings (SSSR count). The van der Waals surface area contributed by atoms with Crippen LogP contribution < -0.4 is 0 Å². The van der Waals surface area contributed by atoms with Crippen LogP contribution in [0.15, 0.2) is 18.2 Å². The second-order valence-electron chi connectivity index (χ2n) is 13.6. The van der Waals surface area contributed by atoms with Gasteiger partial charge in [0.25, 0.3) is 0 Å². The summed E-state index contributed by atoms with van der Waals surface area (Å²) in [6.07, 6.45) is 11.3. The van der Waals surface area contributed by atoms with Gasteiger partial charge in [0, 0.05) is 18.9 Å². The molecule has 37 heavy (non-hydrogen) atoms. The van der Waals surface area contributed by atoms with E-state index in [9.17, 15) is 14.6 Å². The number of methoxy groups -OCH3 is 1. The molecule has 0 radical (unpaired) electrons. The van der Waals surface area contributed by atoms with Crippen LogP contribution in [0.5, 0.6) is 0 Å². The van der Waals surface area contributed by atoms with E-state index in [2.05, 4.69) is 16.9 Å². The molecule has 1 aromatic carbocycles. The van der Waals surface area contributed by atoms with Crippen molar-refractivity contribution in [3.63, 3.8) is 0 Å². The van der Waals surface area contributed by atoms with Gasteiger partial charge in [0.2, 0.25) is 0 Å². The zero-order valence-corrected chi connectivity index (χ0v) is 22.3. The molecule has 1 spiro atoms. The van der Waals surface area contributed by atoms with Gasteiger partial charge in [0.05, 0.1) is 23.8 Å². The molecule has 11 atom stereocenters. The third-order valence-electron chi connectivity index (χ3n) is 12.6. The maximum atomic E-state index is 14.2. The number of aryl methyl sites for hydroxylation is 1. The van der Waals surface area contributed by atoms with Crippen molar-refractivity contribution < 1.29 is 19.3 Å². The van der Waals surface area contributed by atoms with Crippen molar-refractivity contribution in [2.24, 2.45) is 46.3 Å². The number of nitrogens with one attached hydrogen (secondary N) is 1. The molecule has 202 valence electrons. The van der Waals surface area contributed by atoms with Gasteiger partial charge in [-0.1, -0.05) is 13.0 Å². The quantitative estimate of drug-likeness (QED) is 0.497. The maximum absolute atomic E-state index is 14.2. The fourth-order valence-corrected chi connectivity index (χ4v) is 11.0. The second kappa shape index (κ2) is 8.76. The lowest BCUT2D eigenvalue weighted by atomic mass is 9.43. The molecular formula is C31H43FN2O3. The van der Waals surface area contributed by atoms with Crippen LogP contribution in [0.2, 0.25) is 0 Å². The SMILES string of the molecule is CO[C@H]1C[C@H]2[C@@H]([C@H](O)C[C@@H]3C[C@H](O)CC[C@@]32C)[C@@H]2CC[C@@H]3C(CCc4nc5c(F)cccc5[nH]4)CC[C@@]132. The molecule has 5 fully saturated rings. The summed E-state index contributed by atoms with van der Waals surface area (Å²) in [5.74, 6) is 3.70. The van der Waals surface area contributed by atoms with E-state index in [0.717, 1.165) is 56.3 Å². The first-order chi connectivity index (χ1) is 17.8. The molecule has 1 aromatic heterocycles. The van der Waals surface area contributed by atoms with E-state index in [1.165, 1.54) is 31.7 Å². The van der Waals surface area contributed by atoms with Gasteiger partial charge in [0.15, 0.2) is 5.82 Å². The first kappa shape index (κ1) is 24.5. The molecule has 0 aliphatic heterocycles. The van der Waals surface area contributed by atoms with Crippen molar-refractivity contribution in [1.29, 1.82) is 0 Å². The Bertz CT molecular complexity index is 1170. The summed E-state index contributed by atoms with van der Waals surface area (Å²) in [4.78, 5) is 7.92. The first-order valence-corrected chi connectivity index (χ1v) is 14.9. The molecular weight excluding hydrogens is 467 g/mol. The highest BCUT2D eigenvalue weighted by atomic mass is 19.1. The first-order valence-electron chi connectivity index (χ1n) is 14.9. The topological polar surface area (TPSA) is 78.4 Å². The number of aliphatic hydroxyl groups excluding tert-OH is 2. The molecule has 5 aliphatic rings. The molecule has 2 aromatic rings. The molecule has 6 heteroatoms. The third-order valence-corrected chi connectivity index (χ3v) is 12.6. The lowest BCUT2D eigenvalue weighted by molar-refractivity contribution is -0.211. The third kappa shape index (κ3) is 3.47. The van der Waals surface area contributed by atoms with Crippen LogP contribution >= 0.6 is 0 Å². The summed E-state index contributed by atoms with van der Waals surface area (Å²) in [5.41, 5.74) is 1.62. The van der Waals surface area contributed by atoms with Crippen molar-refractivity contribution in [2.45, 2.75) is 95.9 Å². The number of halogens is 1. The number of hydrogen-bond acceptors (Lipinski definition) is 4. The van der Waals surface area contributed by atoms with E-state index < -0.39 is 0 Å². The van der Waals surface area contributed by atoms with Crippen molar-refractivity contribution >= 4 is 11.0 Å². The number of hydrogen-bond donors (Lipinski definition) is 3. The number of aromatic amines is 1. The average Bonchev–Trinajstić information content (AvgIpc) is 3.56. The van der Waals surface area contributed by atoms with E-state index in [1.54, 1.807) is 6.07 Å².